The third kappa shape index (κ3) is 5.42. The summed E-state index contributed by atoms with van der Waals surface area (Å²) in [5, 5.41) is 14.1. The van der Waals surface area contributed by atoms with Crippen LogP contribution in [0.25, 0.3) is 0 Å². The molecule has 0 fully saturated rings. The van der Waals surface area contributed by atoms with E-state index in [0.717, 1.165) is 11.1 Å². The van der Waals surface area contributed by atoms with E-state index in [4.69, 9.17) is 5.73 Å². The number of nitrogens with zero attached hydrogens (tertiary/aromatic N) is 1. The zero-order valence-corrected chi connectivity index (χ0v) is 13.9. The molecule has 6 heteroatoms. The second-order valence-corrected chi connectivity index (χ2v) is 5.65. The van der Waals surface area contributed by atoms with E-state index in [1.54, 1.807) is 4.90 Å². The molecule has 22 heavy (non-hydrogen) atoms. The molecule has 1 aromatic heterocycles. The lowest BCUT2D eigenvalue weighted by Crippen LogP contribution is -2.35. The van der Waals surface area contributed by atoms with Crippen molar-refractivity contribution in [2.75, 3.05) is 13.1 Å². The third-order valence-electron chi connectivity index (χ3n) is 3.25. The molecule has 2 aromatic rings. The molecular weight excluding hydrogens is 320 g/mol. The second kappa shape index (κ2) is 9.58. The Bertz CT molecular complexity index is 549. The molecule has 2 rings (SSSR count). The van der Waals surface area contributed by atoms with E-state index in [2.05, 4.69) is 0 Å². The summed E-state index contributed by atoms with van der Waals surface area (Å²) in [5.74, 6) is -0.0318. The molecule has 1 aromatic carbocycles. The van der Waals surface area contributed by atoms with E-state index >= 15 is 0 Å². The highest BCUT2D eigenvalue weighted by Gasteiger charge is 2.18. The van der Waals surface area contributed by atoms with Gasteiger partial charge < -0.3 is 15.7 Å². The highest BCUT2D eigenvalue weighted by atomic mass is 35.5. The maximum absolute atomic E-state index is 12.2. The number of hydrogen-bond acceptors (Lipinski definition) is 4. The monoisotopic (exact) mass is 340 g/mol. The van der Waals surface area contributed by atoms with Crippen LogP contribution >= 0.6 is 23.7 Å². The van der Waals surface area contributed by atoms with Crippen LogP contribution in [0.5, 0.6) is 0 Å². The summed E-state index contributed by atoms with van der Waals surface area (Å²) in [6, 6.07) is 11.6. The average molecular weight is 341 g/mol. The molecule has 3 N–H and O–H groups in total. The molecule has 0 aliphatic heterocycles. The van der Waals surface area contributed by atoms with Gasteiger partial charge in [-0.1, -0.05) is 30.3 Å². The van der Waals surface area contributed by atoms with Crippen molar-refractivity contribution in [3.8, 4) is 0 Å². The molecule has 0 saturated carbocycles. The molecule has 0 spiro atoms. The van der Waals surface area contributed by atoms with E-state index in [1.807, 2.05) is 47.2 Å². The van der Waals surface area contributed by atoms with Crippen molar-refractivity contribution in [2.24, 2.45) is 5.73 Å². The summed E-state index contributed by atoms with van der Waals surface area (Å²) >= 11 is 1.53. The fourth-order valence-corrected chi connectivity index (χ4v) is 2.83. The van der Waals surface area contributed by atoms with Crippen molar-refractivity contribution in [1.29, 1.82) is 0 Å². The molecule has 1 atom stereocenters. The zero-order valence-electron chi connectivity index (χ0n) is 12.2. The van der Waals surface area contributed by atoms with Crippen molar-refractivity contribution < 1.29 is 9.90 Å². The Hall–Kier alpha value is -1.40. The van der Waals surface area contributed by atoms with Crippen LogP contribution in [0.1, 0.15) is 23.7 Å². The Morgan fingerprint density at radius 1 is 1.27 bits per heavy atom. The van der Waals surface area contributed by atoms with Crippen molar-refractivity contribution >= 4 is 29.7 Å². The molecule has 4 nitrogen and oxygen atoms in total. The lowest BCUT2D eigenvalue weighted by atomic mass is 10.1. The number of carbonyl (C=O) groups excluding carboxylic acids is 1. The highest BCUT2D eigenvalue weighted by molar-refractivity contribution is 7.07. The van der Waals surface area contributed by atoms with Crippen LogP contribution in [0.3, 0.4) is 0 Å². The summed E-state index contributed by atoms with van der Waals surface area (Å²) in [5.41, 5.74) is 7.37. The molecule has 0 aliphatic rings. The molecule has 1 heterocycles. The van der Waals surface area contributed by atoms with Crippen LogP contribution in [-0.2, 0) is 11.3 Å². The van der Waals surface area contributed by atoms with Crippen molar-refractivity contribution in [3.05, 3.63) is 58.3 Å². The molecule has 1 unspecified atom stereocenters. The summed E-state index contributed by atoms with van der Waals surface area (Å²) in [4.78, 5) is 13.9. The summed E-state index contributed by atoms with van der Waals surface area (Å²) < 4.78 is 0. The average Bonchev–Trinajstić information content (AvgIpc) is 3.02. The van der Waals surface area contributed by atoms with Crippen molar-refractivity contribution in [3.63, 3.8) is 0 Å². The van der Waals surface area contributed by atoms with Gasteiger partial charge in [0.1, 0.15) is 0 Å². The quantitative estimate of drug-likeness (QED) is 0.814. The van der Waals surface area contributed by atoms with E-state index < -0.39 is 6.10 Å². The summed E-state index contributed by atoms with van der Waals surface area (Å²) in [6.45, 7) is 1.09. The number of aliphatic hydroxyl groups is 1. The third-order valence-corrected chi connectivity index (χ3v) is 3.95. The first kappa shape index (κ1) is 18.6. The fourth-order valence-electron chi connectivity index (χ4n) is 2.12. The first-order valence-corrected chi connectivity index (χ1v) is 7.87. The smallest absolute Gasteiger partial charge is 0.224 e. The molecule has 0 aliphatic carbocycles. The molecule has 1 amide bonds. The Labute approximate surface area is 141 Å². The van der Waals surface area contributed by atoms with Gasteiger partial charge in [0.15, 0.2) is 0 Å². The van der Waals surface area contributed by atoms with Crippen LogP contribution in [0, 0.1) is 0 Å². The van der Waals surface area contributed by atoms with Crippen LogP contribution in [-0.4, -0.2) is 29.0 Å². The minimum absolute atomic E-state index is 0. The number of halogens is 1. The number of aliphatic hydroxyl groups excluding tert-OH is 1. The highest BCUT2D eigenvalue weighted by Crippen LogP contribution is 2.19. The predicted molar refractivity (Wildman–Crippen MR) is 92.1 cm³/mol. The van der Waals surface area contributed by atoms with Crippen LogP contribution in [0.4, 0.5) is 0 Å². The van der Waals surface area contributed by atoms with Gasteiger partial charge in [-0.3, -0.25) is 4.79 Å². The molecule has 0 bridgehead atoms. The van der Waals surface area contributed by atoms with E-state index in [1.165, 1.54) is 11.3 Å². The summed E-state index contributed by atoms with van der Waals surface area (Å²) in [6.07, 6.45) is -0.370. The Morgan fingerprint density at radius 2 is 2.00 bits per heavy atom. The van der Waals surface area contributed by atoms with Crippen molar-refractivity contribution in [1.82, 2.24) is 4.90 Å². The molecule has 120 valence electrons. The molecular formula is C16H21ClN2O2S. The summed E-state index contributed by atoms with van der Waals surface area (Å²) in [7, 11) is 0. The standard InChI is InChI=1S/C16H20N2O2S.ClH/c17-8-6-16(20)18(10-13-4-2-1-3-5-13)11-15(19)14-7-9-21-12-14;/h1-5,7,9,12,15,19H,6,8,10-11,17H2;1H. The van der Waals surface area contributed by atoms with Gasteiger partial charge in [0, 0.05) is 19.5 Å². The number of thiophene rings is 1. The van der Waals surface area contributed by atoms with Crippen molar-refractivity contribution in [2.45, 2.75) is 19.1 Å². The Morgan fingerprint density at radius 3 is 2.59 bits per heavy atom. The van der Waals surface area contributed by atoms with E-state index in [-0.39, 0.29) is 24.9 Å². The zero-order chi connectivity index (χ0) is 15.1. The Kier molecular flexibility index (Phi) is 8.12. The number of benzene rings is 1. The number of hydrogen-bond donors (Lipinski definition) is 2. The van der Waals surface area contributed by atoms with Gasteiger partial charge in [-0.15, -0.1) is 12.4 Å². The molecule has 0 saturated heterocycles. The van der Waals surface area contributed by atoms with Gasteiger partial charge in [-0.2, -0.15) is 11.3 Å². The number of rotatable bonds is 7. The normalized spacial score (nSPS) is 11.5. The largest absolute Gasteiger partial charge is 0.387 e. The lowest BCUT2D eigenvalue weighted by Gasteiger charge is -2.25. The number of carbonyl (C=O) groups is 1. The van der Waals surface area contributed by atoms with Gasteiger partial charge in [0.05, 0.1) is 12.6 Å². The van der Waals surface area contributed by atoms with E-state index in [0.29, 0.717) is 19.5 Å². The number of amides is 1. The SMILES string of the molecule is Cl.NCCC(=O)N(Cc1ccccc1)CC(O)c1ccsc1. The lowest BCUT2D eigenvalue weighted by molar-refractivity contribution is -0.133. The van der Waals surface area contributed by atoms with Crippen LogP contribution in [0.15, 0.2) is 47.2 Å². The second-order valence-electron chi connectivity index (χ2n) is 4.87. The predicted octanol–water partition coefficient (Wildman–Crippen LogP) is 2.58. The van der Waals surface area contributed by atoms with Crippen LogP contribution < -0.4 is 5.73 Å². The minimum Gasteiger partial charge on any atom is -0.387 e. The Balaban J connectivity index is 0.00000242. The van der Waals surface area contributed by atoms with Gasteiger partial charge in [0.25, 0.3) is 0 Å². The fraction of sp³-hybridized carbons (Fsp3) is 0.312. The van der Waals surface area contributed by atoms with Gasteiger partial charge >= 0.3 is 0 Å². The van der Waals surface area contributed by atoms with Gasteiger partial charge in [-0.05, 0) is 28.0 Å². The van der Waals surface area contributed by atoms with Gasteiger partial charge in [0.2, 0.25) is 5.91 Å². The maximum Gasteiger partial charge on any atom is 0.224 e. The van der Waals surface area contributed by atoms with E-state index in [9.17, 15) is 9.90 Å². The first-order valence-electron chi connectivity index (χ1n) is 6.92. The number of nitrogens with two attached hydrogens (primary N) is 1. The van der Waals surface area contributed by atoms with Crippen LogP contribution in [0.2, 0.25) is 0 Å². The van der Waals surface area contributed by atoms with Gasteiger partial charge in [-0.25, -0.2) is 0 Å². The first-order chi connectivity index (χ1) is 10.2. The maximum atomic E-state index is 12.2. The molecule has 0 radical (unpaired) electrons. The topological polar surface area (TPSA) is 66.6 Å². The minimum atomic E-state index is -0.665.